The van der Waals surface area contributed by atoms with Gasteiger partial charge in [0.2, 0.25) is 0 Å². The van der Waals surface area contributed by atoms with Gasteiger partial charge in [0.1, 0.15) is 16.7 Å². The molecule has 0 saturated heterocycles. The summed E-state index contributed by atoms with van der Waals surface area (Å²) in [6.07, 6.45) is 0.650. The summed E-state index contributed by atoms with van der Waals surface area (Å²) < 4.78 is 26.0. The largest absolute Gasteiger partial charge is 0.328 e. The third-order valence-electron chi connectivity index (χ3n) is 2.37. The maximum Gasteiger partial charge on any atom is 0.256 e. The highest BCUT2D eigenvalue weighted by atomic mass is 35.5. The lowest BCUT2D eigenvalue weighted by molar-refractivity contribution is 0.125. The van der Waals surface area contributed by atoms with Gasteiger partial charge in [-0.2, -0.15) is 0 Å². The van der Waals surface area contributed by atoms with E-state index in [1.807, 2.05) is 0 Å². The van der Waals surface area contributed by atoms with Crippen molar-refractivity contribution in [2.45, 2.75) is 19.9 Å². The molecule has 0 N–H and O–H groups in total. The molecule has 2 heterocycles. The number of imidazole rings is 1. The molecule has 2 rings (SSSR count). The maximum absolute atomic E-state index is 12.3. The van der Waals surface area contributed by atoms with Crippen LogP contribution in [-0.4, -0.2) is 21.0 Å². The molecule has 0 saturated carbocycles. The van der Waals surface area contributed by atoms with E-state index in [0.717, 1.165) is 0 Å². The number of alkyl halides is 2. The highest BCUT2D eigenvalue weighted by Gasteiger charge is 2.07. The molecule has 0 atom stereocenters. The molecule has 0 aromatic carbocycles. The van der Waals surface area contributed by atoms with Gasteiger partial charge in [0, 0.05) is 18.0 Å². The van der Waals surface area contributed by atoms with Crippen LogP contribution < -0.4 is 0 Å². The molecule has 3 nitrogen and oxygen atoms in total. The summed E-state index contributed by atoms with van der Waals surface area (Å²) >= 11 is 5.73. The molecule has 0 aliphatic heterocycles. The zero-order valence-electron chi connectivity index (χ0n) is 10.1. The van der Waals surface area contributed by atoms with E-state index in [9.17, 15) is 8.78 Å². The second-order valence-corrected chi connectivity index (χ2v) is 4.22. The molecule has 0 fully saturated rings. The summed E-state index contributed by atoms with van der Waals surface area (Å²) in [6.45, 7) is 1.29. The zero-order chi connectivity index (χ0) is 13.8. The van der Waals surface area contributed by atoms with E-state index < -0.39 is 6.43 Å². The average Bonchev–Trinajstić information content (AvgIpc) is 2.67. The van der Waals surface area contributed by atoms with Crippen LogP contribution in [0, 0.1) is 18.8 Å². The molecule has 0 spiro atoms. The highest BCUT2D eigenvalue weighted by Crippen LogP contribution is 2.07. The Bertz CT molecular complexity index is 641. The molecule has 98 valence electrons. The van der Waals surface area contributed by atoms with Crippen molar-refractivity contribution in [1.29, 1.82) is 0 Å². The first-order valence-corrected chi connectivity index (χ1v) is 5.88. The number of aryl methyl sites for hydroxylation is 1. The van der Waals surface area contributed by atoms with Crippen molar-refractivity contribution < 1.29 is 8.78 Å². The summed E-state index contributed by atoms with van der Waals surface area (Å²) in [5.74, 6) is 6.18. The van der Waals surface area contributed by atoms with Crippen LogP contribution in [0.1, 0.15) is 17.1 Å². The number of aromatic nitrogens is 3. The van der Waals surface area contributed by atoms with Crippen LogP contribution in [-0.2, 0) is 6.54 Å². The van der Waals surface area contributed by atoms with E-state index in [2.05, 4.69) is 21.8 Å². The standard InChI is InChI=1S/C13H10ClF2N3/c1-9-18-11(7-19(9)8-13(15)16)3-2-10-4-5-17-12(14)6-10/h4-7,13H,8H2,1H3. The Morgan fingerprint density at radius 2 is 2.21 bits per heavy atom. The monoisotopic (exact) mass is 281 g/mol. The molecular formula is C13H10ClF2N3. The van der Waals surface area contributed by atoms with E-state index in [-0.39, 0.29) is 6.54 Å². The van der Waals surface area contributed by atoms with Gasteiger partial charge in [0.15, 0.2) is 0 Å². The van der Waals surface area contributed by atoms with Crippen LogP contribution in [0.25, 0.3) is 0 Å². The third-order valence-corrected chi connectivity index (χ3v) is 2.58. The number of hydrogen-bond acceptors (Lipinski definition) is 2. The van der Waals surface area contributed by atoms with Gasteiger partial charge in [0.25, 0.3) is 6.43 Å². The summed E-state index contributed by atoms with van der Waals surface area (Å²) in [5, 5.41) is 0.353. The second kappa shape index (κ2) is 5.81. The Morgan fingerprint density at radius 1 is 1.42 bits per heavy atom. The van der Waals surface area contributed by atoms with Gasteiger partial charge in [-0.1, -0.05) is 17.5 Å². The third kappa shape index (κ3) is 3.76. The van der Waals surface area contributed by atoms with E-state index >= 15 is 0 Å². The molecule has 0 amide bonds. The fourth-order valence-corrected chi connectivity index (χ4v) is 1.69. The van der Waals surface area contributed by atoms with Gasteiger partial charge in [-0.15, -0.1) is 0 Å². The zero-order valence-corrected chi connectivity index (χ0v) is 10.8. The van der Waals surface area contributed by atoms with Crippen molar-refractivity contribution in [3.8, 4) is 11.8 Å². The summed E-state index contributed by atoms with van der Waals surface area (Å²) in [5.41, 5.74) is 1.15. The number of rotatable bonds is 2. The predicted octanol–water partition coefficient (Wildman–Crippen LogP) is 2.90. The van der Waals surface area contributed by atoms with Gasteiger partial charge < -0.3 is 4.57 Å². The SMILES string of the molecule is Cc1nc(C#Cc2ccnc(Cl)c2)cn1CC(F)F. The van der Waals surface area contributed by atoms with Crippen molar-refractivity contribution in [1.82, 2.24) is 14.5 Å². The minimum atomic E-state index is -2.41. The normalized spacial score (nSPS) is 10.4. The van der Waals surface area contributed by atoms with Gasteiger partial charge in [0.05, 0.1) is 6.54 Å². The first-order valence-electron chi connectivity index (χ1n) is 5.50. The van der Waals surface area contributed by atoms with Crippen molar-refractivity contribution >= 4 is 11.6 Å². The van der Waals surface area contributed by atoms with Crippen LogP contribution in [0.3, 0.4) is 0 Å². The Kier molecular flexibility index (Phi) is 4.13. The molecule has 19 heavy (non-hydrogen) atoms. The minimum absolute atomic E-state index is 0.353. The van der Waals surface area contributed by atoms with Crippen molar-refractivity contribution in [2.75, 3.05) is 0 Å². The van der Waals surface area contributed by atoms with Crippen LogP contribution in [0.4, 0.5) is 8.78 Å². The number of pyridine rings is 1. The molecule has 0 bridgehead atoms. The quantitative estimate of drug-likeness (QED) is 0.626. The van der Waals surface area contributed by atoms with Crippen LogP contribution >= 0.6 is 11.6 Å². The Balaban J connectivity index is 2.21. The predicted molar refractivity (Wildman–Crippen MR) is 68.2 cm³/mol. The molecule has 2 aromatic heterocycles. The number of hydrogen-bond donors (Lipinski definition) is 0. The van der Waals surface area contributed by atoms with Gasteiger partial charge in [-0.25, -0.2) is 18.7 Å². The Hall–Kier alpha value is -1.93. The van der Waals surface area contributed by atoms with E-state index in [4.69, 9.17) is 11.6 Å². The van der Waals surface area contributed by atoms with Crippen LogP contribution in [0.2, 0.25) is 5.15 Å². The van der Waals surface area contributed by atoms with Crippen molar-refractivity contribution in [3.05, 3.63) is 46.8 Å². The smallest absolute Gasteiger partial charge is 0.256 e. The summed E-state index contributed by atoms with van der Waals surface area (Å²) in [7, 11) is 0. The minimum Gasteiger partial charge on any atom is -0.328 e. The van der Waals surface area contributed by atoms with Crippen molar-refractivity contribution in [2.24, 2.45) is 0 Å². The van der Waals surface area contributed by atoms with Crippen molar-refractivity contribution in [3.63, 3.8) is 0 Å². The first-order chi connectivity index (χ1) is 9.04. The molecular weight excluding hydrogens is 272 g/mol. The Morgan fingerprint density at radius 3 is 2.89 bits per heavy atom. The molecule has 0 radical (unpaired) electrons. The maximum atomic E-state index is 12.3. The van der Waals surface area contributed by atoms with Gasteiger partial charge >= 0.3 is 0 Å². The molecule has 0 aliphatic carbocycles. The number of halogens is 3. The lowest BCUT2D eigenvalue weighted by Crippen LogP contribution is -2.06. The van der Waals surface area contributed by atoms with Crippen LogP contribution in [0.5, 0.6) is 0 Å². The summed E-state index contributed by atoms with van der Waals surface area (Å²) in [4.78, 5) is 7.95. The number of nitrogens with zero attached hydrogens (tertiary/aromatic N) is 3. The lowest BCUT2D eigenvalue weighted by atomic mass is 10.3. The van der Waals surface area contributed by atoms with E-state index in [1.54, 1.807) is 25.3 Å². The topological polar surface area (TPSA) is 30.7 Å². The Labute approximate surface area is 114 Å². The average molecular weight is 282 g/mol. The van der Waals surface area contributed by atoms with Gasteiger partial charge in [-0.3, -0.25) is 0 Å². The van der Waals surface area contributed by atoms with E-state index in [0.29, 0.717) is 22.2 Å². The highest BCUT2D eigenvalue weighted by molar-refractivity contribution is 6.29. The fraction of sp³-hybridized carbons (Fsp3) is 0.231. The summed E-state index contributed by atoms with van der Waals surface area (Å²) in [6, 6.07) is 3.33. The van der Waals surface area contributed by atoms with Crippen LogP contribution in [0.15, 0.2) is 24.5 Å². The molecule has 6 heteroatoms. The van der Waals surface area contributed by atoms with Gasteiger partial charge in [-0.05, 0) is 25.0 Å². The first kappa shape index (κ1) is 13.5. The lowest BCUT2D eigenvalue weighted by Gasteiger charge is -2.01. The second-order valence-electron chi connectivity index (χ2n) is 3.83. The molecule has 2 aromatic rings. The molecule has 0 aliphatic rings. The fourth-order valence-electron chi connectivity index (χ4n) is 1.52. The molecule has 0 unspecified atom stereocenters. The van der Waals surface area contributed by atoms with E-state index in [1.165, 1.54) is 10.8 Å².